The Hall–Kier alpha value is 0.0774. The van der Waals surface area contributed by atoms with Crippen molar-refractivity contribution in [2.75, 3.05) is 0 Å². The van der Waals surface area contributed by atoms with Crippen molar-refractivity contribution in [3.63, 3.8) is 0 Å². The number of rotatable bonds is 1. The standard InChI is InChI=1S/C4H5.Li/c1-3-4-2;/h3H,1-2H2;/q-1;+1. The van der Waals surface area contributed by atoms with Crippen LogP contribution in [0.5, 0.6) is 0 Å². The maximum absolute atomic E-state index is 3.31. The van der Waals surface area contributed by atoms with Gasteiger partial charge in [-0.3, -0.25) is 6.08 Å². The monoisotopic (exact) mass is 60.1 g/mol. The Morgan fingerprint density at radius 2 is 1.80 bits per heavy atom. The van der Waals surface area contributed by atoms with E-state index >= 15 is 0 Å². The summed E-state index contributed by atoms with van der Waals surface area (Å²) in [6, 6.07) is 0. The van der Waals surface area contributed by atoms with E-state index in [1.807, 2.05) is 0 Å². The molecule has 0 aromatic heterocycles. The first-order chi connectivity index (χ1) is 1.91. The van der Waals surface area contributed by atoms with Gasteiger partial charge in [-0.25, -0.2) is 12.7 Å². The molecule has 1 heteroatoms. The van der Waals surface area contributed by atoms with Gasteiger partial charge < -0.3 is 0 Å². The SMILES string of the molecule is C=[C-]C=C.[Li+]. The van der Waals surface area contributed by atoms with Crippen LogP contribution in [-0.4, -0.2) is 0 Å². The zero-order valence-electron chi connectivity index (χ0n) is 3.49. The van der Waals surface area contributed by atoms with E-state index in [2.05, 4.69) is 19.2 Å². The second-order valence-electron chi connectivity index (χ2n) is 0.408. The number of allylic oxidation sites excluding steroid dienone is 2. The maximum Gasteiger partial charge on any atom is 1.00 e. The van der Waals surface area contributed by atoms with Crippen molar-refractivity contribution in [2.45, 2.75) is 0 Å². The van der Waals surface area contributed by atoms with Crippen LogP contribution in [0.4, 0.5) is 0 Å². The minimum atomic E-state index is 0. The molecular formula is C4H5Li. The zero-order chi connectivity index (χ0) is 3.41. The molecule has 0 radical (unpaired) electrons. The molecule has 0 amide bonds. The first kappa shape index (κ1) is 8.91. The third kappa shape index (κ3) is 15.2. The molecule has 0 fully saturated rings. The van der Waals surface area contributed by atoms with Gasteiger partial charge >= 0.3 is 18.9 Å². The Morgan fingerprint density at radius 1 is 1.60 bits per heavy atom. The molecule has 0 saturated carbocycles. The summed E-state index contributed by atoms with van der Waals surface area (Å²) in [5.41, 5.74) is 0. The van der Waals surface area contributed by atoms with Crippen LogP contribution in [0, 0.1) is 6.08 Å². The fourth-order valence-electron chi connectivity index (χ4n) is 0. The molecule has 0 aromatic carbocycles. The fraction of sp³-hybridized carbons (Fsp3) is 0. The third-order valence-electron chi connectivity index (χ3n) is 0.144. The first-order valence-corrected chi connectivity index (χ1v) is 1.05. The molecule has 0 atom stereocenters. The van der Waals surface area contributed by atoms with Crippen molar-refractivity contribution in [2.24, 2.45) is 0 Å². The summed E-state index contributed by atoms with van der Waals surface area (Å²) < 4.78 is 0. The average Bonchev–Trinajstić information content (AvgIpc) is 1.37. The topological polar surface area (TPSA) is 0 Å². The Morgan fingerprint density at radius 3 is 1.80 bits per heavy atom. The van der Waals surface area contributed by atoms with Gasteiger partial charge in [0.05, 0.1) is 0 Å². The van der Waals surface area contributed by atoms with Crippen molar-refractivity contribution in [1.29, 1.82) is 0 Å². The second kappa shape index (κ2) is 8.95. The van der Waals surface area contributed by atoms with Crippen LogP contribution in [0.25, 0.3) is 0 Å². The summed E-state index contributed by atoms with van der Waals surface area (Å²) in [4.78, 5) is 0. The molecule has 0 rings (SSSR count). The Kier molecular flexibility index (Phi) is 16.0. The molecule has 0 aromatic rings. The predicted molar refractivity (Wildman–Crippen MR) is 19.1 cm³/mol. The van der Waals surface area contributed by atoms with Crippen LogP contribution in [0.3, 0.4) is 0 Å². The minimum Gasteiger partial charge on any atom is -0.259 e. The van der Waals surface area contributed by atoms with Crippen LogP contribution < -0.4 is 18.9 Å². The molecule has 5 heavy (non-hydrogen) atoms. The molecule has 0 saturated heterocycles. The van der Waals surface area contributed by atoms with Gasteiger partial charge in [-0.1, -0.05) is 0 Å². The smallest absolute Gasteiger partial charge is 0.259 e. The van der Waals surface area contributed by atoms with Crippen molar-refractivity contribution in [3.8, 4) is 0 Å². The molecular weight excluding hydrogens is 55.0 g/mol. The summed E-state index contributed by atoms with van der Waals surface area (Å²) in [7, 11) is 0. The Bertz CT molecular complexity index is 24.6. The molecule has 0 N–H and O–H groups in total. The molecule has 0 heterocycles. The first-order valence-electron chi connectivity index (χ1n) is 1.05. The van der Waals surface area contributed by atoms with E-state index in [0.717, 1.165) is 0 Å². The molecule has 0 bridgehead atoms. The van der Waals surface area contributed by atoms with Gasteiger partial charge in [0.15, 0.2) is 0 Å². The third-order valence-corrected chi connectivity index (χ3v) is 0.144. The van der Waals surface area contributed by atoms with Gasteiger partial charge in [-0.2, -0.15) is 6.58 Å². The predicted octanol–water partition coefficient (Wildman–Crippen LogP) is -1.83. The maximum atomic E-state index is 3.31. The molecule has 22 valence electrons. The van der Waals surface area contributed by atoms with E-state index in [1.165, 1.54) is 6.08 Å². The van der Waals surface area contributed by atoms with E-state index in [4.69, 9.17) is 0 Å². The quantitative estimate of drug-likeness (QED) is 0.189. The minimum absolute atomic E-state index is 0. The summed E-state index contributed by atoms with van der Waals surface area (Å²) >= 11 is 0. The van der Waals surface area contributed by atoms with Crippen LogP contribution in [0.2, 0.25) is 0 Å². The Labute approximate surface area is 44.8 Å². The second-order valence-corrected chi connectivity index (χ2v) is 0.408. The molecule has 0 aliphatic heterocycles. The van der Waals surface area contributed by atoms with Gasteiger partial charge in [0, 0.05) is 0 Å². The summed E-state index contributed by atoms with van der Waals surface area (Å²) in [6.07, 6.45) is 3.96. The zero-order valence-corrected chi connectivity index (χ0v) is 3.49. The average molecular weight is 60.0 g/mol. The fourth-order valence-corrected chi connectivity index (χ4v) is 0. The van der Waals surface area contributed by atoms with E-state index in [0.29, 0.717) is 0 Å². The van der Waals surface area contributed by atoms with E-state index in [1.54, 1.807) is 0 Å². The van der Waals surface area contributed by atoms with E-state index in [-0.39, 0.29) is 18.9 Å². The van der Waals surface area contributed by atoms with Crippen molar-refractivity contribution in [3.05, 3.63) is 25.3 Å². The van der Waals surface area contributed by atoms with Gasteiger partial charge in [0.2, 0.25) is 0 Å². The molecule has 0 aliphatic carbocycles. The van der Waals surface area contributed by atoms with Gasteiger partial charge in [0.25, 0.3) is 0 Å². The van der Waals surface area contributed by atoms with Crippen molar-refractivity contribution in [1.82, 2.24) is 0 Å². The van der Waals surface area contributed by atoms with E-state index in [9.17, 15) is 0 Å². The number of hydrogen-bond acceptors (Lipinski definition) is 0. The summed E-state index contributed by atoms with van der Waals surface area (Å²) in [5, 5.41) is 0. The van der Waals surface area contributed by atoms with Crippen LogP contribution in [0.1, 0.15) is 0 Å². The van der Waals surface area contributed by atoms with Crippen LogP contribution in [0.15, 0.2) is 19.2 Å². The van der Waals surface area contributed by atoms with Crippen molar-refractivity contribution < 1.29 is 18.9 Å². The normalized spacial score (nSPS) is 4.00. The largest absolute Gasteiger partial charge is 1.00 e. The van der Waals surface area contributed by atoms with Crippen molar-refractivity contribution >= 4 is 0 Å². The Balaban J connectivity index is 0. The molecule has 0 aliphatic rings. The molecule has 0 unspecified atom stereocenters. The van der Waals surface area contributed by atoms with Crippen LogP contribution in [-0.2, 0) is 0 Å². The summed E-state index contributed by atoms with van der Waals surface area (Å²) in [6.45, 7) is 6.54. The molecule has 0 spiro atoms. The van der Waals surface area contributed by atoms with E-state index < -0.39 is 0 Å². The van der Waals surface area contributed by atoms with Gasteiger partial charge in [0.1, 0.15) is 0 Å². The summed E-state index contributed by atoms with van der Waals surface area (Å²) in [5.74, 6) is 0. The van der Waals surface area contributed by atoms with Crippen LogP contribution >= 0.6 is 0 Å². The van der Waals surface area contributed by atoms with Gasteiger partial charge in [-0.05, 0) is 0 Å². The van der Waals surface area contributed by atoms with Gasteiger partial charge in [-0.15, -0.1) is 0 Å². The molecule has 0 nitrogen and oxygen atoms in total. The number of hydrogen-bond donors (Lipinski definition) is 0.